The molecule has 1 aromatic heterocycles. The van der Waals surface area contributed by atoms with E-state index < -0.39 is 0 Å². The first-order valence-corrected chi connectivity index (χ1v) is 7.92. The zero-order chi connectivity index (χ0) is 15.2. The highest BCUT2D eigenvalue weighted by Gasteiger charge is 2.09. The summed E-state index contributed by atoms with van der Waals surface area (Å²) in [7, 11) is 2.06. The van der Waals surface area contributed by atoms with E-state index in [1.165, 1.54) is 5.56 Å². The number of hydrogen-bond acceptors (Lipinski definition) is 4. The molecule has 0 spiro atoms. The summed E-state index contributed by atoms with van der Waals surface area (Å²) >= 11 is 3.46. The molecule has 0 radical (unpaired) electrons. The molecular weight excluding hydrogens is 328 g/mol. The van der Waals surface area contributed by atoms with Crippen molar-refractivity contribution < 1.29 is 0 Å². The first-order chi connectivity index (χ1) is 10.1. The lowest BCUT2D eigenvalue weighted by Gasteiger charge is -2.21. The zero-order valence-corrected chi connectivity index (χ0v) is 14.3. The number of aromatic nitrogens is 2. The monoisotopic (exact) mass is 348 g/mol. The molecule has 2 rings (SSSR count). The molecule has 0 aliphatic carbocycles. The third-order valence-electron chi connectivity index (χ3n) is 3.17. The number of nitrogens with zero attached hydrogens (tertiary/aromatic N) is 3. The van der Waals surface area contributed by atoms with Gasteiger partial charge < -0.3 is 10.2 Å². The Morgan fingerprint density at radius 1 is 1.24 bits per heavy atom. The van der Waals surface area contributed by atoms with Gasteiger partial charge in [-0.1, -0.05) is 35.0 Å². The van der Waals surface area contributed by atoms with Crippen molar-refractivity contribution in [2.45, 2.75) is 26.8 Å². The Morgan fingerprint density at radius 2 is 1.95 bits per heavy atom. The Balaban J connectivity index is 2.13. The molecule has 0 saturated carbocycles. The number of nitrogens with one attached hydrogen (secondary N) is 1. The molecule has 112 valence electrons. The van der Waals surface area contributed by atoms with E-state index in [0.717, 1.165) is 35.4 Å². The van der Waals surface area contributed by atoms with E-state index in [0.29, 0.717) is 5.95 Å². The molecule has 0 atom stereocenters. The fourth-order valence-electron chi connectivity index (χ4n) is 2.08. The standard InChI is InChI=1S/C16H21BrN4/c1-4-9-18-16-19-10-12(2)15(20-16)21(3)11-13-5-7-14(17)8-6-13/h5-8,10H,4,9,11H2,1-3H3,(H,18,19,20). The van der Waals surface area contributed by atoms with E-state index in [1.807, 2.05) is 13.1 Å². The second kappa shape index (κ2) is 7.41. The largest absolute Gasteiger partial charge is 0.355 e. The van der Waals surface area contributed by atoms with Crippen LogP contribution in [-0.2, 0) is 6.54 Å². The molecule has 21 heavy (non-hydrogen) atoms. The number of halogens is 1. The van der Waals surface area contributed by atoms with Gasteiger partial charge in [-0.15, -0.1) is 0 Å². The van der Waals surface area contributed by atoms with E-state index in [-0.39, 0.29) is 0 Å². The van der Waals surface area contributed by atoms with Crippen LogP contribution < -0.4 is 10.2 Å². The second-order valence-electron chi connectivity index (χ2n) is 5.11. The highest BCUT2D eigenvalue weighted by molar-refractivity contribution is 9.10. The van der Waals surface area contributed by atoms with Gasteiger partial charge in [0.25, 0.3) is 0 Å². The summed E-state index contributed by atoms with van der Waals surface area (Å²) in [4.78, 5) is 11.1. The van der Waals surface area contributed by atoms with Gasteiger partial charge in [-0.3, -0.25) is 0 Å². The van der Waals surface area contributed by atoms with E-state index >= 15 is 0 Å². The van der Waals surface area contributed by atoms with Gasteiger partial charge in [-0.2, -0.15) is 4.98 Å². The first-order valence-electron chi connectivity index (χ1n) is 7.13. The lowest BCUT2D eigenvalue weighted by molar-refractivity contribution is 0.875. The second-order valence-corrected chi connectivity index (χ2v) is 6.03. The Bertz CT molecular complexity index is 583. The summed E-state index contributed by atoms with van der Waals surface area (Å²) in [6, 6.07) is 8.36. The number of rotatable bonds is 6. The molecule has 0 aliphatic heterocycles. The highest BCUT2D eigenvalue weighted by Crippen LogP contribution is 2.19. The average Bonchev–Trinajstić information content (AvgIpc) is 2.48. The molecule has 0 aliphatic rings. The molecule has 1 heterocycles. The van der Waals surface area contributed by atoms with E-state index in [2.05, 4.69) is 74.4 Å². The van der Waals surface area contributed by atoms with Gasteiger partial charge in [-0.25, -0.2) is 4.98 Å². The van der Waals surface area contributed by atoms with Crippen LogP contribution in [0.2, 0.25) is 0 Å². The molecule has 0 bridgehead atoms. The number of benzene rings is 1. The Kier molecular flexibility index (Phi) is 5.56. The summed E-state index contributed by atoms with van der Waals surface area (Å²) in [6.45, 7) is 5.87. The maximum Gasteiger partial charge on any atom is 0.224 e. The van der Waals surface area contributed by atoms with Gasteiger partial charge in [0.2, 0.25) is 5.95 Å². The normalized spacial score (nSPS) is 10.5. The SMILES string of the molecule is CCCNc1ncc(C)c(N(C)Cc2ccc(Br)cc2)n1. The highest BCUT2D eigenvalue weighted by atomic mass is 79.9. The maximum atomic E-state index is 4.62. The van der Waals surface area contributed by atoms with Crippen LogP contribution in [0.15, 0.2) is 34.9 Å². The van der Waals surface area contributed by atoms with Gasteiger partial charge in [0, 0.05) is 36.4 Å². The molecule has 1 aromatic carbocycles. The van der Waals surface area contributed by atoms with E-state index in [9.17, 15) is 0 Å². The van der Waals surface area contributed by atoms with E-state index in [1.54, 1.807) is 0 Å². The van der Waals surface area contributed by atoms with Gasteiger partial charge in [0.05, 0.1) is 0 Å². The number of anilines is 2. The number of aryl methyl sites for hydroxylation is 1. The third kappa shape index (κ3) is 4.43. The van der Waals surface area contributed by atoms with Crippen LogP contribution in [0, 0.1) is 6.92 Å². The molecule has 0 saturated heterocycles. The fraction of sp³-hybridized carbons (Fsp3) is 0.375. The van der Waals surface area contributed by atoms with Crippen molar-refractivity contribution in [3.05, 3.63) is 46.1 Å². The van der Waals surface area contributed by atoms with Crippen molar-refractivity contribution >= 4 is 27.7 Å². The lowest BCUT2D eigenvalue weighted by atomic mass is 10.2. The minimum Gasteiger partial charge on any atom is -0.355 e. The van der Waals surface area contributed by atoms with Crippen LogP contribution >= 0.6 is 15.9 Å². The first kappa shape index (κ1) is 15.8. The van der Waals surface area contributed by atoms with Gasteiger partial charge in [0.1, 0.15) is 5.82 Å². The predicted octanol–water partition coefficient (Wildman–Crippen LogP) is 4.01. The summed E-state index contributed by atoms with van der Waals surface area (Å²) in [5, 5.41) is 3.23. The van der Waals surface area contributed by atoms with Gasteiger partial charge in [-0.05, 0) is 31.0 Å². The smallest absolute Gasteiger partial charge is 0.224 e. The molecule has 0 fully saturated rings. The molecule has 4 nitrogen and oxygen atoms in total. The third-order valence-corrected chi connectivity index (χ3v) is 3.70. The molecule has 1 N–H and O–H groups in total. The maximum absolute atomic E-state index is 4.62. The van der Waals surface area contributed by atoms with Crippen LogP contribution in [0.4, 0.5) is 11.8 Å². The minimum atomic E-state index is 0.695. The summed E-state index contributed by atoms with van der Waals surface area (Å²) in [6.07, 6.45) is 2.93. The van der Waals surface area contributed by atoms with Crippen LogP contribution in [0.25, 0.3) is 0 Å². The Labute approximate surface area is 134 Å². The quantitative estimate of drug-likeness (QED) is 0.856. The molecular formula is C16H21BrN4. The van der Waals surface area contributed by atoms with Gasteiger partial charge in [0.15, 0.2) is 0 Å². The average molecular weight is 349 g/mol. The van der Waals surface area contributed by atoms with Crippen LogP contribution in [0.5, 0.6) is 0 Å². The summed E-state index contributed by atoms with van der Waals surface area (Å²) in [5.74, 6) is 1.66. The zero-order valence-electron chi connectivity index (χ0n) is 12.7. The van der Waals surface area contributed by atoms with Crippen molar-refractivity contribution in [2.24, 2.45) is 0 Å². The Morgan fingerprint density at radius 3 is 2.62 bits per heavy atom. The molecule has 5 heteroatoms. The minimum absolute atomic E-state index is 0.695. The Hall–Kier alpha value is -1.62. The summed E-state index contributed by atoms with van der Waals surface area (Å²) < 4.78 is 1.10. The van der Waals surface area contributed by atoms with Crippen LogP contribution in [-0.4, -0.2) is 23.6 Å². The van der Waals surface area contributed by atoms with Crippen molar-refractivity contribution in [3.8, 4) is 0 Å². The summed E-state index contributed by atoms with van der Waals surface area (Å²) in [5.41, 5.74) is 2.33. The molecule has 2 aromatic rings. The predicted molar refractivity (Wildman–Crippen MR) is 91.8 cm³/mol. The topological polar surface area (TPSA) is 41.1 Å². The van der Waals surface area contributed by atoms with E-state index in [4.69, 9.17) is 0 Å². The van der Waals surface area contributed by atoms with Gasteiger partial charge >= 0.3 is 0 Å². The van der Waals surface area contributed by atoms with Crippen LogP contribution in [0.3, 0.4) is 0 Å². The van der Waals surface area contributed by atoms with Crippen molar-refractivity contribution in [1.82, 2.24) is 9.97 Å². The number of hydrogen-bond donors (Lipinski definition) is 1. The van der Waals surface area contributed by atoms with Crippen molar-refractivity contribution in [3.63, 3.8) is 0 Å². The fourth-order valence-corrected chi connectivity index (χ4v) is 2.34. The molecule has 0 unspecified atom stereocenters. The van der Waals surface area contributed by atoms with Crippen LogP contribution in [0.1, 0.15) is 24.5 Å². The lowest BCUT2D eigenvalue weighted by Crippen LogP contribution is -2.20. The van der Waals surface area contributed by atoms with Crippen molar-refractivity contribution in [1.29, 1.82) is 0 Å². The van der Waals surface area contributed by atoms with Crippen molar-refractivity contribution in [2.75, 3.05) is 23.8 Å². The molecule has 0 amide bonds.